The van der Waals surface area contributed by atoms with E-state index in [1.165, 1.54) is 5.56 Å². The Labute approximate surface area is 155 Å². The number of hydrogen-bond donors (Lipinski definition) is 2. The maximum Gasteiger partial charge on any atom is 0.321 e. The van der Waals surface area contributed by atoms with Crippen molar-refractivity contribution in [2.24, 2.45) is 5.92 Å². The zero-order valence-electron chi connectivity index (χ0n) is 14.1. The molecular formula is C20H20BrN3O. The van der Waals surface area contributed by atoms with Crippen LogP contribution in [0.2, 0.25) is 0 Å². The Morgan fingerprint density at radius 2 is 2.08 bits per heavy atom. The van der Waals surface area contributed by atoms with E-state index < -0.39 is 0 Å². The number of carbonyl (C=O) groups excluding carboxylic acids is 1. The number of aryl methyl sites for hydroxylation is 1. The Morgan fingerprint density at radius 3 is 2.88 bits per heavy atom. The largest absolute Gasteiger partial charge is 0.361 e. The van der Waals surface area contributed by atoms with E-state index >= 15 is 0 Å². The smallest absolute Gasteiger partial charge is 0.321 e. The van der Waals surface area contributed by atoms with Crippen LogP contribution < -0.4 is 5.32 Å². The minimum absolute atomic E-state index is 0.0163. The minimum atomic E-state index is -0.0163. The number of urea groups is 1. The van der Waals surface area contributed by atoms with Gasteiger partial charge < -0.3 is 15.2 Å². The van der Waals surface area contributed by atoms with Crippen LogP contribution in [0.4, 0.5) is 10.5 Å². The molecule has 5 heteroatoms. The summed E-state index contributed by atoms with van der Waals surface area (Å²) in [4.78, 5) is 17.5. The standard InChI is InChI=1S/C20H20BrN3O/c1-13-8-16-6-7-22-19(16)10-18(13)23-20(25)24-11-14(12-24)9-15-4-2-3-5-17(15)21/h2-8,10,14,22H,9,11-12H2,1H3,(H,23,25). The number of H-pyrrole nitrogens is 1. The van der Waals surface area contributed by atoms with E-state index in [0.717, 1.165) is 46.1 Å². The lowest BCUT2D eigenvalue weighted by Gasteiger charge is -2.39. The number of amides is 2. The zero-order valence-corrected chi connectivity index (χ0v) is 15.6. The van der Waals surface area contributed by atoms with Crippen LogP contribution in [0.5, 0.6) is 0 Å². The molecule has 0 unspecified atom stereocenters. The first-order valence-electron chi connectivity index (χ1n) is 8.47. The number of aromatic nitrogens is 1. The van der Waals surface area contributed by atoms with Crippen molar-refractivity contribution in [3.63, 3.8) is 0 Å². The van der Waals surface area contributed by atoms with Crippen LogP contribution in [0.1, 0.15) is 11.1 Å². The van der Waals surface area contributed by atoms with E-state index in [-0.39, 0.29) is 6.03 Å². The fraction of sp³-hybridized carbons (Fsp3) is 0.250. The van der Waals surface area contributed by atoms with Gasteiger partial charge in [-0.1, -0.05) is 34.1 Å². The van der Waals surface area contributed by atoms with E-state index in [2.05, 4.69) is 50.5 Å². The molecule has 4 nitrogen and oxygen atoms in total. The number of nitrogens with zero attached hydrogens (tertiary/aromatic N) is 1. The van der Waals surface area contributed by atoms with Gasteiger partial charge in [0.1, 0.15) is 0 Å². The highest BCUT2D eigenvalue weighted by molar-refractivity contribution is 9.10. The summed E-state index contributed by atoms with van der Waals surface area (Å²) in [7, 11) is 0. The number of anilines is 1. The van der Waals surface area contributed by atoms with Gasteiger partial charge in [-0.05, 0) is 60.0 Å². The third kappa shape index (κ3) is 3.29. The van der Waals surface area contributed by atoms with Crippen LogP contribution in [-0.4, -0.2) is 29.0 Å². The molecule has 1 aliphatic heterocycles. The van der Waals surface area contributed by atoms with E-state index in [9.17, 15) is 4.79 Å². The normalized spacial score (nSPS) is 14.6. The Bertz CT molecular complexity index is 928. The van der Waals surface area contributed by atoms with E-state index in [4.69, 9.17) is 0 Å². The lowest BCUT2D eigenvalue weighted by atomic mass is 9.92. The fourth-order valence-corrected chi connectivity index (χ4v) is 3.83. The zero-order chi connectivity index (χ0) is 17.4. The maximum atomic E-state index is 12.5. The molecule has 4 rings (SSSR count). The monoisotopic (exact) mass is 397 g/mol. The number of benzene rings is 2. The van der Waals surface area contributed by atoms with Gasteiger partial charge in [0, 0.05) is 35.0 Å². The van der Waals surface area contributed by atoms with E-state index in [0.29, 0.717) is 5.92 Å². The highest BCUT2D eigenvalue weighted by Gasteiger charge is 2.31. The minimum Gasteiger partial charge on any atom is -0.361 e. The summed E-state index contributed by atoms with van der Waals surface area (Å²) >= 11 is 3.59. The van der Waals surface area contributed by atoms with Gasteiger partial charge in [0.2, 0.25) is 0 Å². The highest BCUT2D eigenvalue weighted by Crippen LogP contribution is 2.27. The molecule has 0 saturated carbocycles. The summed E-state index contributed by atoms with van der Waals surface area (Å²) in [6.45, 7) is 3.63. The molecule has 128 valence electrons. The molecular weight excluding hydrogens is 378 g/mol. The van der Waals surface area contributed by atoms with Crippen molar-refractivity contribution in [1.82, 2.24) is 9.88 Å². The van der Waals surface area contributed by atoms with Crippen molar-refractivity contribution in [2.75, 3.05) is 18.4 Å². The lowest BCUT2D eigenvalue weighted by molar-refractivity contribution is 0.131. The summed E-state index contributed by atoms with van der Waals surface area (Å²) in [6, 6.07) is 14.4. The molecule has 0 spiro atoms. The third-order valence-corrected chi connectivity index (χ3v) is 5.62. The summed E-state index contributed by atoms with van der Waals surface area (Å²) in [5.41, 5.74) is 4.29. The third-order valence-electron chi connectivity index (χ3n) is 4.85. The van der Waals surface area contributed by atoms with Crippen molar-refractivity contribution in [1.29, 1.82) is 0 Å². The molecule has 2 amide bonds. The average Bonchev–Trinajstić information content (AvgIpc) is 2.99. The number of aromatic amines is 1. The predicted octanol–water partition coefficient (Wildman–Crippen LogP) is 4.95. The van der Waals surface area contributed by atoms with Crippen LogP contribution in [0, 0.1) is 12.8 Å². The van der Waals surface area contributed by atoms with Crippen LogP contribution in [0.15, 0.2) is 53.1 Å². The molecule has 25 heavy (non-hydrogen) atoms. The SMILES string of the molecule is Cc1cc2cc[nH]c2cc1NC(=O)N1CC(Cc2ccccc2Br)C1. The second kappa shape index (κ2) is 6.56. The summed E-state index contributed by atoms with van der Waals surface area (Å²) < 4.78 is 1.15. The summed E-state index contributed by atoms with van der Waals surface area (Å²) in [5, 5.41) is 4.21. The number of likely N-dealkylation sites (tertiary alicyclic amines) is 1. The quantitative estimate of drug-likeness (QED) is 0.645. The predicted molar refractivity (Wildman–Crippen MR) is 105 cm³/mol. The molecule has 0 aliphatic carbocycles. The molecule has 1 fully saturated rings. The number of fused-ring (bicyclic) bond motifs is 1. The molecule has 2 aromatic carbocycles. The van der Waals surface area contributed by atoms with E-state index in [1.54, 1.807) is 0 Å². The molecule has 0 atom stereocenters. The van der Waals surface area contributed by atoms with Crippen LogP contribution in [0.3, 0.4) is 0 Å². The van der Waals surface area contributed by atoms with E-state index in [1.807, 2.05) is 36.2 Å². The van der Waals surface area contributed by atoms with Crippen molar-refractivity contribution in [3.05, 3.63) is 64.3 Å². The second-order valence-electron chi connectivity index (χ2n) is 6.73. The number of rotatable bonds is 3. The first-order chi connectivity index (χ1) is 12.1. The molecule has 1 aromatic heterocycles. The molecule has 1 aliphatic rings. The Balaban J connectivity index is 1.36. The van der Waals surface area contributed by atoms with Gasteiger partial charge in [-0.3, -0.25) is 0 Å². The second-order valence-corrected chi connectivity index (χ2v) is 7.58. The first-order valence-corrected chi connectivity index (χ1v) is 9.26. The number of carbonyl (C=O) groups is 1. The molecule has 2 N–H and O–H groups in total. The van der Waals surface area contributed by atoms with Crippen LogP contribution in [-0.2, 0) is 6.42 Å². The van der Waals surface area contributed by atoms with Crippen molar-refractivity contribution >= 4 is 38.6 Å². The summed E-state index contributed by atoms with van der Waals surface area (Å²) in [5.74, 6) is 0.524. The van der Waals surface area contributed by atoms with Crippen molar-refractivity contribution in [3.8, 4) is 0 Å². The lowest BCUT2D eigenvalue weighted by Crippen LogP contribution is -2.52. The molecule has 3 aromatic rings. The van der Waals surface area contributed by atoms with Crippen LogP contribution in [0.25, 0.3) is 10.9 Å². The topological polar surface area (TPSA) is 48.1 Å². The molecule has 0 radical (unpaired) electrons. The van der Waals surface area contributed by atoms with Crippen molar-refractivity contribution < 1.29 is 4.79 Å². The summed E-state index contributed by atoms with van der Waals surface area (Å²) in [6.07, 6.45) is 2.91. The van der Waals surface area contributed by atoms with Gasteiger partial charge >= 0.3 is 6.03 Å². The van der Waals surface area contributed by atoms with Gasteiger partial charge in [0.25, 0.3) is 0 Å². The Hall–Kier alpha value is -2.27. The maximum absolute atomic E-state index is 12.5. The van der Waals surface area contributed by atoms with Gasteiger partial charge in [-0.15, -0.1) is 0 Å². The highest BCUT2D eigenvalue weighted by atomic mass is 79.9. The average molecular weight is 398 g/mol. The van der Waals surface area contributed by atoms with Gasteiger partial charge in [0.05, 0.1) is 0 Å². The first kappa shape index (κ1) is 16.2. The molecule has 0 bridgehead atoms. The van der Waals surface area contributed by atoms with Gasteiger partial charge in [-0.2, -0.15) is 0 Å². The Morgan fingerprint density at radius 1 is 1.28 bits per heavy atom. The molecule has 2 heterocycles. The van der Waals surface area contributed by atoms with Crippen LogP contribution >= 0.6 is 15.9 Å². The van der Waals surface area contributed by atoms with Crippen molar-refractivity contribution in [2.45, 2.75) is 13.3 Å². The number of nitrogens with one attached hydrogen (secondary N) is 2. The van der Waals surface area contributed by atoms with Gasteiger partial charge in [0.15, 0.2) is 0 Å². The number of halogens is 1. The fourth-order valence-electron chi connectivity index (χ4n) is 3.38. The Kier molecular flexibility index (Phi) is 4.25. The van der Waals surface area contributed by atoms with Gasteiger partial charge in [-0.25, -0.2) is 4.79 Å². The number of hydrogen-bond acceptors (Lipinski definition) is 1. The molecule has 1 saturated heterocycles.